The summed E-state index contributed by atoms with van der Waals surface area (Å²) in [5.74, 6) is 2.26. The van der Waals surface area contributed by atoms with E-state index in [-0.39, 0.29) is 12.0 Å². The fourth-order valence-corrected chi connectivity index (χ4v) is 8.34. The number of anilines is 2. The molecule has 272 valence electrons. The van der Waals surface area contributed by atoms with Gasteiger partial charge in [-0.2, -0.15) is 0 Å². The van der Waals surface area contributed by atoms with Crippen molar-refractivity contribution in [1.82, 2.24) is 9.55 Å². The Kier molecular flexibility index (Phi) is 8.76. The van der Waals surface area contributed by atoms with Crippen LogP contribution in [0.25, 0.3) is 33.2 Å². The molecule has 0 saturated carbocycles. The van der Waals surface area contributed by atoms with Gasteiger partial charge in [-0.25, -0.2) is 15.0 Å². The van der Waals surface area contributed by atoms with Crippen LogP contribution in [0.2, 0.25) is 0 Å². The van der Waals surface area contributed by atoms with Crippen molar-refractivity contribution in [3.8, 4) is 5.82 Å². The molecule has 0 radical (unpaired) electrons. The van der Waals surface area contributed by atoms with Crippen LogP contribution in [0.5, 0.6) is 0 Å². The van der Waals surface area contributed by atoms with Crippen molar-refractivity contribution >= 4 is 57.1 Å². The largest absolute Gasteiger partial charge is 0.333 e. The second kappa shape index (κ2) is 14.7. The number of pyridine rings is 1. The van der Waals surface area contributed by atoms with E-state index in [4.69, 9.17) is 15.0 Å². The molecule has 6 heteroatoms. The van der Waals surface area contributed by atoms with Crippen LogP contribution in [0.1, 0.15) is 33.7 Å². The standard InChI is InChI=1S/C51H38N6/c1-52-50(36-17-6-3-7-18-36)55-51(54-34-35-15-4-2-5-16-35)39-20-14-19-37(31-39)38-26-28-43-41-21-8-10-23-45(41)56(48(43)32-38)40-27-29-47-44(33-40)42-22-9-11-24-46(42)57(47)49-25-12-13-30-53-49/h2-33,43,48H,1,34H2. The first kappa shape index (κ1) is 34.1. The average Bonchev–Trinajstić information content (AvgIpc) is 3.79. The van der Waals surface area contributed by atoms with Crippen molar-refractivity contribution in [2.24, 2.45) is 15.0 Å². The Labute approximate surface area is 331 Å². The molecule has 3 heterocycles. The number of aliphatic imine (C=N–C) groups is 3. The number of benzene rings is 6. The fraction of sp³-hybridized carbons (Fsp3) is 0.0588. The minimum absolute atomic E-state index is 0.0755. The van der Waals surface area contributed by atoms with Crippen molar-refractivity contribution in [2.75, 3.05) is 4.90 Å². The molecule has 0 bridgehead atoms. The third kappa shape index (κ3) is 6.27. The molecule has 2 atom stereocenters. The van der Waals surface area contributed by atoms with Crippen LogP contribution >= 0.6 is 0 Å². The molecule has 1 aliphatic carbocycles. The Morgan fingerprint density at radius 1 is 0.649 bits per heavy atom. The van der Waals surface area contributed by atoms with Crippen molar-refractivity contribution in [1.29, 1.82) is 0 Å². The summed E-state index contributed by atoms with van der Waals surface area (Å²) in [4.78, 5) is 21.6. The van der Waals surface area contributed by atoms with Crippen molar-refractivity contribution < 1.29 is 0 Å². The molecule has 6 nitrogen and oxygen atoms in total. The van der Waals surface area contributed by atoms with Crippen molar-refractivity contribution in [3.63, 3.8) is 0 Å². The number of hydrogen-bond acceptors (Lipinski definition) is 3. The number of allylic oxidation sites excluding steroid dienone is 2. The molecule has 2 aromatic heterocycles. The lowest BCUT2D eigenvalue weighted by Gasteiger charge is -2.30. The van der Waals surface area contributed by atoms with E-state index in [1.807, 2.05) is 66.9 Å². The highest BCUT2D eigenvalue weighted by Gasteiger charge is 2.38. The van der Waals surface area contributed by atoms with Crippen LogP contribution in [0.3, 0.4) is 0 Å². The maximum Gasteiger partial charge on any atom is 0.161 e. The highest BCUT2D eigenvalue weighted by atomic mass is 15.2. The van der Waals surface area contributed by atoms with Gasteiger partial charge >= 0.3 is 0 Å². The van der Waals surface area contributed by atoms with Gasteiger partial charge in [0.1, 0.15) is 5.82 Å². The normalized spacial score (nSPS) is 16.4. The van der Waals surface area contributed by atoms with E-state index < -0.39 is 0 Å². The zero-order chi connectivity index (χ0) is 38.1. The Balaban J connectivity index is 1.06. The predicted octanol–water partition coefficient (Wildman–Crippen LogP) is 11.5. The quantitative estimate of drug-likeness (QED) is 0.121. The summed E-state index contributed by atoms with van der Waals surface area (Å²) < 4.78 is 2.26. The molecule has 0 fully saturated rings. The van der Waals surface area contributed by atoms with Crippen LogP contribution in [-0.2, 0) is 6.54 Å². The van der Waals surface area contributed by atoms with E-state index in [0.29, 0.717) is 18.2 Å². The smallest absolute Gasteiger partial charge is 0.161 e. The summed E-state index contributed by atoms with van der Waals surface area (Å²) in [6, 6.07) is 59.2. The summed E-state index contributed by atoms with van der Waals surface area (Å²) in [5.41, 5.74) is 11.1. The summed E-state index contributed by atoms with van der Waals surface area (Å²) in [6.45, 7) is 4.35. The second-order valence-corrected chi connectivity index (χ2v) is 14.3. The molecule has 0 saturated heterocycles. The highest BCUT2D eigenvalue weighted by molar-refractivity contribution is 6.13. The third-order valence-corrected chi connectivity index (χ3v) is 11.0. The van der Waals surface area contributed by atoms with E-state index in [9.17, 15) is 0 Å². The van der Waals surface area contributed by atoms with Gasteiger partial charge < -0.3 is 4.90 Å². The Morgan fingerprint density at radius 2 is 1.40 bits per heavy atom. The molecule has 0 spiro atoms. The van der Waals surface area contributed by atoms with Gasteiger partial charge in [0.25, 0.3) is 0 Å². The van der Waals surface area contributed by atoms with Crippen LogP contribution in [-0.4, -0.2) is 34.0 Å². The molecule has 1 aliphatic heterocycles. The molecule has 10 rings (SSSR count). The number of hydrogen-bond donors (Lipinski definition) is 0. The Morgan fingerprint density at radius 3 is 2.25 bits per heavy atom. The van der Waals surface area contributed by atoms with E-state index in [2.05, 4.69) is 149 Å². The summed E-state index contributed by atoms with van der Waals surface area (Å²) >= 11 is 0. The molecule has 2 aliphatic rings. The van der Waals surface area contributed by atoms with E-state index >= 15 is 0 Å². The lowest BCUT2D eigenvalue weighted by atomic mass is 9.86. The number of fused-ring (bicyclic) bond motifs is 6. The van der Waals surface area contributed by atoms with Gasteiger partial charge in [0.2, 0.25) is 0 Å². The summed E-state index contributed by atoms with van der Waals surface area (Å²) in [6.07, 6.45) is 8.92. The zero-order valence-corrected chi connectivity index (χ0v) is 31.2. The highest BCUT2D eigenvalue weighted by Crippen LogP contribution is 2.50. The van der Waals surface area contributed by atoms with Gasteiger partial charge in [0.05, 0.1) is 23.6 Å². The van der Waals surface area contributed by atoms with Crippen LogP contribution < -0.4 is 4.90 Å². The first-order valence-electron chi connectivity index (χ1n) is 19.3. The number of rotatable bonds is 7. The average molecular weight is 735 g/mol. The molecule has 6 aromatic carbocycles. The maximum absolute atomic E-state index is 5.05. The van der Waals surface area contributed by atoms with Crippen molar-refractivity contribution in [3.05, 3.63) is 222 Å². The third-order valence-electron chi connectivity index (χ3n) is 11.0. The topological polar surface area (TPSA) is 58.1 Å². The van der Waals surface area contributed by atoms with Gasteiger partial charge in [-0.15, -0.1) is 0 Å². The molecular weight excluding hydrogens is 697 g/mol. The predicted molar refractivity (Wildman–Crippen MR) is 236 cm³/mol. The number of aromatic nitrogens is 2. The van der Waals surface area contributed by atoms with E-state index in [1.54, 1.807) is 0 Å². The number of nitrogens with zero attached hydrogens (tertiary/aromatic N) is 6. The molecule has 0 N–H and O–H groups in total. The van der Waals surface area contributed by atoms with Crippen LogP contribution in [0, 0.1) is 0 Å². The Bertz CT molecular complexity index is 2900. The number of amidine groups is 2. The molecule has 0 amide bonds. The van der Waals surface area contributed by atoms with E-state index in [0.717, 1.165) is 50.4 Å². The summed E-state index contributed by atoms with van der Waals surface area (Å²) in [5, 5.41) is 2.40. The van der Waals surface area contributed by atoms with Gasteiger partial charge in [-0.1, -0.05) is 140 Å². The lowest BCUT2D eigenvalue weighted by molar-refractivity contribution is 0.747. The first-order chi connectivity index (χ1) is 28.2. The van der Waals surface area contributed by atoms with E-state index in [1.165, 1.54) is 22.0 Å². The Hall–Kier alpha value is -7.44. The summed E-state index contributed by atoms with van der Waals surface area (Å²) in [7, 11) is 0. The molecule has 8 aromatic rings. The zero-order valence-electron chi connectivity index (χ0n) is 31.2. The fourth-order valence-electron chi connectivity index (χ4n) is 8.34. The number of para-hydroxylation sites is 2. The first-order valence-corrected chi connectivity index (χ1v) is 19.3. The maximum atomic E-state index is 5.05. The van der Waals surface area contributed by atoms with Crippen LogP contribution in [0.15, 0.2) is 209 Å². The minimum Gasteiger partial charge on any atom is -0.333 e. The van der Waals surface area contributed by atoms with Crippen LogP contribution in [0.4, 0.5) is 11.4 Å². The van der Waals surface area contributed by atoms with Gasteiger partial charge in [-0.3, -0.25) is 9.56 Å². The SMILES string of the molecule is C=NC(=NC(=NCc1ccccc1)c1cccc(C2=CC3C(C=C2)c2ccccc2N3c2ccc3c(c2)c2ccccc2n3-c2ccccn2)c1)c1ccccc1. The van der Waals surface area contributed by atoms with Gasteiger partial charge in [0, 0.05) is 45.4 Å². The van der Waals surface area contributed by atoms with Crippen molar-refractivity contribution in [2.45, 2.75) is 18.5 Å². The minimum atomic E-state index is 0.0755. The molecule has 2 unspecified atom stereocenters. The lowest BCUT2D eigenvalue weighted by Crippen LogP contribution is -2.29. The van der Waals surface area contributed by atoms with Gasteiger partial charge in [-0.05, 0) is 77.5 Å². The van der Waals surface area contributed by atoms with Gasteiger partial charge in [0.15, 0.2) is 11.7 Å². The molecular formula is C51H38N6. The monoisotopic (exact) mass is 734 g/mol. The second-order valence-electron chi connectivity index (χ2n) is 14.3. The molecule has 57 heavy (non-hydrogen) atoms.